The third-order valence-corrected chi connectivity index (χ3v) is 6.86. The largest absolute Gasteiger partial charge is 0.355 e. The number of aromatic amines is 1. The van der Waals surface area contributed by atoms with Crippen molar-refractivity contribution >= 4 is 16.8 Å². The highest BCUT2D eigenvalue weighted by atomic mass is 19.1. The molecule has 0 radical (unpaired) electrons. The number of fused-ring (bicyclic) bond motifs is 3. The molecule has 2 aromatic rings. The average molecular weight is 385 g/mol. The van der Waals surface area contributed by atoms with E-state index in [4.69, 9.17) is 0 Å². The molecule has 7 heteroatoms. The minimum atomic E-state index is -0.312. The van der Waals surface area contributed by atoms with E-state index < -0.39 is 0 Å². The molecule has 1 saturated carbocycles. The summed E-state index contributed by atoms with van der Waals surface area (Å²) < 4.78 is 14.0. The van der Waals surface area contributed by atoms with Gasteiger partial charge >= 0.3 is 0 Å². The minimum Gasteiger partial charge on any atom is -0.355 e. The van der Waals surface area contributed by atoms with Gasteiger partial charge in [0.25, 0.3) is 0 Å². The van der Waals surface area contributed by atoms with Gasteiger partial charge in [0, 0.05) is 62.1 Å². The number of aromatic nitrogens is 2. The number of rotatable bonds is 3. The van der Waals surface area contributed by atoms with Crippen LogP contribution in [-0.2, 0) is 17.8 Å². The molecule has 1 amide bonds. The molecule has 1 N–H and O–H groups in total. The van der Waals surface area contributed by atoms with Crippen molar-refractivity contribution in [2.75, 3.05) is 32.7 Å². The summed E-state index contributed by atoms with van der Waals surface area (Å²) in [7, 11) is 0. The molecule has 2 aliphatic heterocycles. The van der Waals surface area contributed by atoms with Crippen molar-refractivity contribution in [2.45, 2.75) is 51.2 Å². The molecule has 3 aliphatic rings. The number of nitrogens with one attached hydrogen (secondary N) is 1. The van der Waals surface area contributed by atoms with Crippen LogP contribution in [0.1, 0.15) is 37.4 Å². The van der Waals surface area contributed by atoms with Gasteiger partial charge in [-0.3, -0.25) is 19.6 Å². The van der Waals surface area contributed by atoms with Gasteiger partial charge in [-0.05, 0) is 31.7 Å². The third kappa shape index (κ3) is 3.10. The zero-order valence-electron chi connectivity index (χ0n) is 16.5. The van der Waals surface area contributed by atoms with Crippen molar-refractivity contribution in [2.24, 2.45) is 0 Å². The van der Waals surface area contributed by atoms with E-state index in [0.717, 1.165) is 55.3 Å². The molecule has 1 atom stereocenters. The van der Waals surface area contributed by atoms with Crippen LogP contribution in [0.4, 0.5) is 4.39 Å². The molecule has 2 aromatic heterocycles. The average Bonchev–Trinajstić information content (AvgIpc) is 3.01. The van der Waals surface area contributed by atoms with Gasteiger partial charge in [0.15, 0.2) is 5.82 Å². The molecule has 5 rings (SSSR count). The summed E-state index contributed by atoms with van der Waals surface area (Å²) in [5, 5.41) is 0.877. The summed E-state index contributed by atoms with van der Waals surface area (Å²) >= 11 is 0. The topological polar surface area (TPSA) is 55.5 Å². The van der Waals surface area contributed by atoms with Crippen molar-refractivity contribution in [1.82, 2.24) is 24.7 Å². The Morgan fingerprint density at radius 1 is 1.29 bits per heavy atom. The molecule has 28 heavy (non-hydrogen) atoms. The summed E-state index contributed by atoms with van der Waals surface area (Å²) in [6.45, 7) is 6.83. The van der Waals surface area contributed by atoms with E-state index in [2.05, 4.69) is 26.7 Å². The molecule has 1 unspecified atom stereocenters. The van der Waals surface area contributed by atoms with Crippen LogP contribution in [-0.4, -0.2) is 75.4 Å². The van der Waals surface area contributed by atoms with Crippen LogP contribution in [0.5, 0.6) is 0 Å². The van der Waals surface area contributed by atoms with Gasteiger partial charge in [-0.2, -0.15) is 0 Å². The molecular formula is C21H28FN5O. The molecule has 2 fully saturated rings. The highest BCUT2D eigenvalue weighted by Gasteiger charge is 2.34. The molecule has 0 aromatic carbocycles. The Labute approximate surface area is 164 Å². The predicted molar refractivity (Wildman–Crippen MR) is 105 cm³/mol. The van der Waals surface area contributed by atoms with Gasteiger partial charge in [0.05, 0.1) is 18.3 Å². The molecule has 4 heterocycles. The zero-order valence-corrected chi connectivity index (χ0v) is 16.5. The van der Waals surface area contributed by atoms with Crippen LogP contribution in [0.25, 0.3) is 10.9 Å². The van der Waals surface area contributed by atoms with Crippen LogP contribution in [0.2, 0.25) is 0 Å². The van der Waals surface area contributed by atoms with Gasteiger partial charge in [0.2, 0.25) is 5.91 Å². The van der Waals surface area contributed by atoms with E-state index in [1.807, 2.05) is 4.90 Å². The maximum Gasteiger partial charge on any atom is 0.236 e. The Hall–Kier alpha value is -1.99. The predicted octanol–water partition coefficient (Wildman–Crippen LogP) is 2.15. The Kier molecular flexibility index (Phi) is 4.59. The Morgan fingerprint density at radius 2 is 2.14 bits per heavy atom. The van der Waals surface area contributed by atoms with E-state index in [-0.39, 0.29) is 11.7 Å². The lowest BCUT2D eigenvalue weighted by atomic mass is 9.90. The number of piperazine rings is 1. The number of hydrogen-bond acceptors (Lipinski definition) is 4. The molecule has 1 saturated heterocycles. The number of pyridine rings is 1. The van der Waals surface area contributed by atoms with Crippen molar-refractivity contribution in [1.29, 1.82) is 0 Å². The standard InChI is InChI=1S/C21H28FN5O/c1-14-11-26(7-8-27(14)15-3-2-4-15)20(28)13-25-6-5-16-17-9-23-10-18(22)21(17)24-19(16)12-25/h9-10,14-15,24H,2-8,11-13H2,1H3. The molecule has 0 spiro atoms. The van der Waals surface area contributed by atoms with Crippen molar-refractivity contribution in [3.63, 3.8) is 0 Å². The quantitative estimate of drug-likeness (QED) is 0.880. The second-order valence-corrected chi connectivity index (χ2v) is 8.60. The lowest BCUT2D eigenvalue weighted by Crippen LogP contribution is -2.59. The smallest absolute Gasteiger partial charge is 0.236 e. The van der Waals surface area contributed by atoms with Gasteiger partial charge in [-0.25, -0.2) is 4.39 Å². The number of nitrogens with zero attached hydrogens (tertiary/aromatic N) is 4. The fourth-order valence-corrected chi connectivity index (χ4v) is 5.06. The summed E-state index contributed by atoms with van der Waals surface area (Å²) in [5.74, 6) is -0.0969. The number of carbonyl (C=O) groups excluding carboxylic acids is 1. The number of H-pyrrole nitrogens is 1. The van der Waals surface area contributed by atoms with Crippen LogP contribution in [0.15, 0.2) is 12.4 Å². The number of amides is 1. The Bertz CT molecular complexity index is 892. The van der Waals surface area contributed by atoms with Crippen LogP contribution in [0, 0.1) is 5.82 Å². The number of hydrogen-bond donors (Lipinski definition) is 1. The highest BCUT2D eigenvalue weighted by Crippen LogP contribution is 2.29. The first-order valence-electron chi connectivity index (χ1n) is 10.5. The summed E-state index contributed by atoms with van der Waals surface area (Å²) in [6, 6.07) is 1.19. The maximum atomic E-state index is 14.0. The Balaban J connectivity index is 1.22. The van der Waals surface area contributed by atoms with Gasteiger partial charge in [0.1, 0.15) is 0 Å². The van der Waals surface area contributed by atoms with E-state index in [0.29, 0.717) is 24.6 Å². The van der Waals surface area contributed by atoms with Crippen molar-refractivity contribution < 1.29 is 9.18 Å². The summed E-state index contributed by atoms with van der Waals surface area (Å²) in [5.41, 5.74) is 2.70. The van der Waals surface area contributed by atoms with Crippen LogP contribution >= 0.6 is 0 Å². The first-order valence-corrected chi connectivity index (χ1v) is 10.5. The fraction of sp³-hybridized carbons (Fsp3) is 0.619. The molecule has 6 nitrogen and oxygen atoms in total. The molecule has 1 aliphatic carbocycles. The van der Waals surface area contributed by atoms with E-state index >= 15 is 0 Å². The maximum absolute atomic E-state index is 14.0. The monoisotopic (exact) mass is 385 g/mol. The molecular weight excluding hydrogens is 357 g/mol. The normalized spacial score (nSPS) is 24.4. The summed E-state index contributed by atoms with van der Waals surface area (Å²) in [4.78, 5) is 26.9. The second kappa shape index (κ2) is 7.12. The first-order chi connectivity index (χ1) is 13.6. The van der Waals surface area contributed by atoms with Crippen molar-refractivity contribution in [3.8, 4) is 0 Å². The highest BCUT2D eigenvalue weighted by molar-refractivity contribution is 5.84. The summed E-state index contributed by atoms with van der Waals surface area (Å²) in [6.07, 6.45) is 7.78. The van der Waals surface area contributed by atoms with E-state index in [1.165, 1.54) is 25.5 Å². The minimum absolute atomic E-state index is 0.215. The van der Waals surface area contributed by atoms with Crippen molar-refractivity contribution in [3.05, 3.63) is 29.5 Å². The second-order valence-electron chi connectivity index (χ2n) is 8.60. The van der Waals surface area contributed by atoms with E-state index in [9.17, 15) is 9.18 Å². The third-order valence-electron chi connectivity index (χ3n) is 6.86. The van der Waals surface area contributed by atoms with Gasteiger partial charge < -0.3 is 9.88 Å². The van der Waals surface area contributed by atoms with Crippen LogP contribution < -0.4 is 0 Å². The lowest BCUT2D eigenvalue weighted by Gasteiger charge is -2.47. The van der Waals surface area contributed by atoms with Crippen LogP contribution in [0.3, 0.4) is 0 Å². The molecule has 0 bridgehead atoms. The van der Waals surface area contributed by atoms with Gasteiger partial charge in [-0.15, -0.1) is 0 Å². The first kappa shape index (κ1) is 18.1. The number of carbonyl (C=O) groups is 1. The lowest BCUT2D eigenvalue weighted by molar-refractivity contribution is -0.136. The zero-order chi connectivity index (χ0) is 19.3. The number of halogens is 1. The SMILES string of the molecule is CC1CN(C(=O)CN2CCc3c([nH]c4c(F)cncc34)C2)CCN1C1CCC1. The Morgan fingerprint density at radius 3 is 2.89 bits per heavy atom. The molecule has 150 valence electrons. The van der Waals surface area contributed by atoms with Gasteiger partial charge in [-0.1, -0.05) is 6.42 Å². The fourth-order valence-electron chi connectivity index (χ4n) is 5.06. The van der Waals surface area contributed by atoms with E-state index in [1.54, 1.807) is 6.20 Å².